The molecule has 6 heteroatoms. The number of rotatable bonds is 4. The molecule has 0 saturated carbocycles. The Morgan fingerprint density at radius 1 is 1.00 bits per heavy atom. The molecule has 3 aromatic rings. The van der Waals surface area contributed by atoms with Gasteiger partial charge in [-0.25, -0.2) is 9.37 Å². The Morgan fingerprint density at radius 3 is 2.65 bits per heavy atom. The van der Waals surface area contributed by atoms with Crippen LogP contribution in [0.5, 0.6) is 0 Å². The average Bonchev–Trinajstić information content (AvgIpc) is 2.69. The lowest BCUT2D eigenvalue weighted by Crippen LogP contribution is -2.29. The van der Waals surface area contributed by atoms with Gasteiger partial charge in [-0.1, -0.05) is 36.4 Å². The highest BCUT2D eigenvalue weighted by molar-refractivity contribution is 5.59. The number of hydrogen-bond donors (Lipinski definition) is 2. The minimum Gasteiger partial charge on any atom is -0.324 e. The third-order valence-corrected chi connectivity index (χ3v) is 4.43. The van der Waals surface area contributed by atoms with Gasteiger partial charge in [-0.05, 0) is 37.6 Å². The van der Waals surface area contributed by atoms with E-state index in [2.05, 4.69) is 20.6 Å². The summed E-state index contributed by atoms with van der Waals surface area (Å²) >= 11 is 0. The number of benzene rings is 2. The first-order chi connectivity index (χ1) is 12.8. The molecule has 1 aliphatic heterocycles. The molecule has 1 aliphatic rings. The van der Waals surface area contributed by atoms with Crippen LogP contribution in [0.2, 0.25) is 0 Å². The summed E-state index contributed by atoms with van der Waals surface area (Å²) in [5.41, 5.74) is 1.55. The number of piperidine rings is 1. The zero-order chi connectivity index (χ0) is 17.8. The highest BCUT2D eigenvalue weighted by atomic mass is 19.1. The second kappa shape index (κ2) is 7.58. The number of aromatic nitrogens is 3. The molecule has 0 amide bonds. The predicted molar refractivity (Wildman–Crippen MR) is 99.8 cm³/mol. The molecule has 0 radical (unpaired) electrons. The van der Waals surface area contributed by atoms with Gasteiger partial charge in [0.2, 0.25) is 5.95 Å². The van der Waals surface area contributed by atoms with E-state index in [-0.39, 0.29) is 11.7 Å². The highest BCUT2D eigenvalue weighted by Crippen LogP contribution is 2.25. The fourth-order valence-electron chi connectivity index (χ4n) is 3.11. The molecule has 2 N–H and O–H groups in total. The van der Waals surface area contributed by atoms with Crippen molar-refractivity contribution < 1.29 is 4.39 Å². The summed E-state index contributed by atoms with van der Waals surface area (Å²) in [5, 5.41) is 6.51. The van der Waals surface area contributed by atoms with Gasteiger partial charge in [0.05, 0.1) is 0 Å². The lowest BCUT2D eigenvalue weighted by atomic mass is 9.99. The zero-order valence-electron chi connectivity index (χ0n) is 14.3. The molecular weight excluding hydrogens is 329 g/mol. The Morgan fingerprint density at radius 2 is 1.88 bits per heavy atom. The van der Waals surface area contributed by atoms with Crippen LogP contribution >= 0.6 is 0 Å². The van der Waals surface area contributed by atoms with Crippen molar-refractivity contribution >= 4 is 11.6 Å². The Kier molecular flexibility index (Phi) is 4.84. The summed E-state index contributed by atoms with van der Waals surface area (Å²) in [6, 6.07) is 16.1. The number of hydrogen-bond acceptors (Lipinski definition) is 5. The van der Waals surface area contributed by atoms with Crippen LogP contribution in [0.1, 0.15) is 24.6 Å². The van der Waals surface area contributed by atoms with Crippen molar-refractivity contribution in [3.05, 3.63) is 66.2 Å². The predicted octanol–water partition coefficient (Wildman–Crippen LogP) is 3.89. The zero-order valence-corrected chi connectivity index (χ0v) is 14.3. The van der Waals surface area contributed by atoms with E-state index in [1.165, 1.54) is 12.1 Å². The summed E-state index contributed by atoms with van der Waals surface area (Å²) in [4.78, 5) is 13.9. The van der Waals surface area contributed by atoms with Crippen LogP contribution in [0.15, 0.2) is 54.6 Å². The molecule has 1 unspecified atom stereocenters. The van der Waals surface area contributed by atoms with Crippen molar-refractivity contribution in [3.63, 3.8) is 0 Å². The summed E-state index contributed by atoms with van der Waals surface area (Å²) in [7, 11) is 0. The van der Waals surface area contributed by atoms with Crippen molar-refractivity contribution in [2.45, 2.75) is 18.8 Å². The van der Waals surface area contributed by atoms with Crippen LogP contribution in [0.25, 0.3) is 11.4 Å². The average molecular weight is 349 g/mol. The lowest BCUT2D eigenvalue weighted by molar-refractivity contribution is 0.446. The smallest absolute Gasteiger partial charge is 0.231 e. The van der Waals surface area contributed by atoms with Crippen molar-refractivity contribution in [2.24, 2.45) is 0 Å². The van der Waals surface area contributed by atoms with Gasteiger partial charge in [0.15, 0.2) is 5.82 Å². The van der Waals surface area contributed by atoms with Gasteiger partial charge in [-0.2, -0.15) is 9.97 Å². The summed E-state index contributed by atoms with van der Waals surface area (Å²) in [5.74, 6) is 1.78. The van der Waals surface area contributed by atoms with Gasteiger partial charge >= 0.3 is 0 Å². The molecule has 5 nitrogen and oxygen atoms in total. The summed E-state index contributed by atoms with van der Waals surface area (Å²) in [6.07, 6.45) is 2.15. The summed E-state index contributed by atoms with van der Waals surface area (Å²) < 4.78 is 13.5. The second-order valence-electron chi connectivity index (χ2n) is 6.39. The van der Waals surface area contributed by atoms with E-state index in [0.717, 1.165) is 37.3 Å². The van der Waals surface area contributed by atoms with Crippen molar-refractivity contribution in [1.29, 1.82) is 0 Å². The molecule has 1 atom stereocenters. The Hall–Kier alpha value is -2.86. The molecule has 132 valence electrons. The first kappa shape index (κ1) is 16.6. The number of nitrogens with zero attached hydrogens (tertiary/aromatic N) is 3. The van der Waals surface area contributed by atoms with E-state index in [0.29, 0.717) is 17.5 Å². The number of anilines is 2. The molecule has 0 bridgehead atoms. The number of halogens is 1. The SMILES string of the molecule is Fc1cccc(Nc2nc(-c3ccccc3)nc(C3CCCNC3)n2)c1. The van der Waals surface area contributed by atoms with Crippen molar-refractivity contribution in [1.82, 2.24) is 20.3 Å². The third-order valence-electron chi connectivity index (χ3n) is 4.43. The first-order valence-corrected chi connectivity index (χ1v) is 8.82. The van der Waals surface area contributed by atoms with Gasteiger partial charge in [-0.3, -0.25) is 0 Å². The maximum Gasteiger partial charge on any atom is 0.231 e. The normalized spacial score (nSPS) is 17.0. The van der Waals surface area contributed by atoms with Crippen molar-refractivity contribution in [3.8, 4) is 11.4 Å². The molecule has 1 fully saturated rings. The maximum atomic E-state index is 13.5. The Labute approximate surface area is 151 Å². The van der Waals surface area contributed by atoms with Crippen molar-refractivity contribution in [2.75, 3.05) is 18.4 Å². The fraction of sp³-hybridized carbons (Fsp3) is 0.250. The van der Waals surface area contributed by atoms with Gasteiger partial charge in [0.25, 0.3) is 0 Å². The van der Waals surface area contributed by atoms with E-state index in [4.69, 9.17) is 4.98 Å². The van der Waals surface area contributed by atoms with Gasteiger partial charge in [0, 0.05) is 23.7 Å². The van der Waals surface area contributed by atoms with Gasteiger partial charge in [-0.15, -0.1) is 0 Å². The molecule has 2 aromatic carbocycles. The van der Waals surface area contributed by atoms with Gasteiger partial charge < -0.3 is 10.6 Å². The van der Waals surface area contributed by atoms with E-state index in [1.807, 2.05) is 30.3 Å². The van der Waals surface area contributed by atoms with Crippen LogP contribution in [0.3, 0.4) is 0 Å². The van der Waals surface area contributed by atoms with Crippen LogP contribution in [-0.4, -0.2) is 28.0 Å². The molecule has 0 spiro atoms. The molecular formula is C20H20FN5. The maximum absolute atomic E-state index is 13.5. The highest BCUT2D eigenvalue weighted by Gasteiger charge is 2.20. The standard InChI is InChI=1S/C20H20FN5/c21-16-9-4-10-17(12-16)23-20-25-18(14-6-2-1-3-7-14)24-19(26-20)15-8-5-11-22-13-15/h1-4,6-7,9-10,12,15,22H,5,8,11,13H2,(H,23,24,25,26). The molecule has 1 aromatic heterocycles. The van der Waals surface area contributed by atoms with E-state index < -0.39 is 0 Å². The topological polar surface area (TPSA) is 62.7 Å². The molecule has 1 saturated heterocycles. The fourth-order valence-corrected chi connectivity index (χ4v) is 3.11. The Bertz CT molecular complexity index is 878. The summed E-state index contributed by atoms with van der Waals surface area (Å²) in [6.45, 7) is 1.89. The number of nitrogens with one attached hydrogen (secondary N) is 2. The van der Waals surface area contributed by atoms with E-state index in [9.17, 15) is 4.39 Å². The van der Waals surface area contributed by atoms with E-state index in [1.54, 1.807) is 12.1 Å². The molecule has 2 heterocycles. The Balaban J connectivity index is 1.72. The largest absolute Gasteiger partial charge is 0.324 e. The van der Waals surface area contributed by atoms with Gasteiger partial charge in [0.1, 0.15) is 11.6 Å². The second-order valence-corrected chi connectivity index (χ2v) is 6.39. The quantitative estimate of drug-likeness (QED) is 0.748. The third kappa shape index (κ3) is 3.86. The lowest BCUT2D eigenvalue weighted by Gasteiger charge is -2.22. The van der Waals surface area contributed by atoms with E-state index >= 15 is 0 Å². The minimum atomic E-state index is -0.302. The van der Waals surface area contributed by atoms with Crippen LogP contribution in [0, 0.1) is 5.82 Å². The molecule has 0 aliphatic carbocycles. The first-order valence-electron chi connectivity index (χ1n) is 8.82. The monoisotopic (exact) mass is 349 g/mol. The minimum absolute atomic E-state index is 0.252. The van der Waals surface area contributed by atoms with Crippen LogP contribution < -0.4 is 10.6 Å². The molecule has 26 heavy (non-hydrogen) atoms. The van der Waals surface area contributed by atoms with Crippen LogP contribution in [-0.2, 0) is 0 Å². The van der Waals surface area contributed by atoms with Crippen LogP contribution in [0.4, 0.5) is 16.0 Å². The molecule has 4 rings (SSSR count).